The molecular formula is C14H15NO5S. The van der Waals surface area contributed by atoms with Crippen LogP contribution in [0.3, 0.4) is 0 Å². The molecule has 2 N–H and O–H groups in total. The average Bonchev–Trinajstić information content (AvgIpc) is 2.43. The van der Waals surface area contributed by atoms with Crippen LogP contribution in [0.15, 0.2) is 23.1 Å². The summed E-state index contributed by atoms with van der Waals surface area (Å²) >= 11 is 0. The Balaban J connectivity index is 3.26. The largest absolute Gasteiger partial charge is 0.478 e. The van der Waals surface area contributed by atoms with E-state index in [4.69, 9.17) is 11.5 Å². The number of carboxylic acid groups (broad SMARTS) is 1. The molecule has 0 aromatic heterocycles. The monoisotopic (exact) mass is 309 g/mol. The summed E-state index contributed by atoms with van der Waals surface area (Å²) in [6.45, 7) is 2.54. The molecule has 0 aliphatic rings. The van der Waals surface area contributed by atoms with Crippen molar-refractivity contribution in [2.24, 2.45) is 0 Å². The van der Waals surface area contributed by atoms with E-state index in [1.54, 1.807) is 0 Å². The SMILES string of the molecule is C#CCNC(=O)C(C)S(=O)(=O)c1cccc(C(=O)O)c1C. The molecule has 6 nitrogen and oxygen atoms in total. The fourth-order valence-corrected chi connectivity index (χ4v) is 3.32. The summed E-state index contributed by atoms with van der Waals surface area (Å²) in [5.41, 5.74) is -0.0195. The molecule has 1 unspecified atom stereocenters. The molecule has 1 aromatic rings. The van der Waals surface area contributed by atoms with Gasteiger partial charge in [-0.15, -0.1) is 6.42 Å². The molecule has 0 aliphatic heterocycles. The Kier molecular flexibility index (Phi) is 5.11. The van der Waals surface area contributed by atoms with Crippen molar-refractivity contribution < 1.29 is 23.1 Å². The van der Waals surface area contributed by atoms with Gasteiger partial charge in [-0.3, -0.25) is 4.79 Å². The van der Waals surface area contributed by atoms with Crippen molar-refractivity contribution in [3.8, 4) is 12.3 Å². The van der Waals surface area contributed by atoms with Gasteiger partial charge >= 0.3 is 5.97 Å². The summed E-state index contributed by atoms with van der Waals surface area (Å²) in [5, 5.41) is 9.95. The van der Waals surface area contributed by atoms with Crippen LogP contribution in [0, 0.1) is 19.3 Å². The molecule has 1 rings (SSSR count). The third kappa shape index (κ3) is 3.41. The van der Waals surface area contributed by atoms with Gasteiger partial charge in [0, 0.05) is 0 Å². The number of terminal acetylenes is 1. The second-order valence-corrected chi connectivity index (χ2v) is 6.58. The van der Waals surface area contributed by atoms with Gasteiger partial charge in [0.25, 0.3) is 0 Å². The van der Waals surface area contributed by atoms with Crippen LogP contribution >= 0.6 is 0 Å². The number of benzene rings is 1. The van der Waals surface area contributed by atoms with Crippen LogP contribution in [0.4, 0.5) is 0 Å². The molecule has 112 valence electrons. The highest BCUT2D eigenvalue weighted by molar-refractivity contribution is 7.92. The Bertz CT molecular complexity index is 715. The standard InChI is InChI=1S/C14H15NO5S/c1-4-8-15-13(16)10(3)21(19,20)12-7-5-6-11(9(12)2)14(17)18/h1,5-7,10H,8H2,2-3H3,(H,15,16)(H,17,18). The number of sulfone groups is 1. The first-order valence-corrected chi connectivity index (χ1v) is 7.56. The molecule has 21 heavy (non-hydrogen) atoms. The Morgan fingerprint density at radius 1 is 1.43 bits per heavy atom. The number of rotatable bonds is 5. The molecular weight excluding hydrogens is 294 g/mol. The lowest BCUT2D eigenvalue weighted by Gasteiger charge is -2.15. The number of nitrogens with one attached hydrogen (secondary N) is 1. The van der Waals surface area contributed by atoms with Gasteiger partial charge in [0.05, 0.1) is 17.0 Å². The molecule has 0 spiro atoms. The minimum absolute atomic E-state index is 0.0765. The number of carbonyl (C=O) groups excluding carboxylic acids is 1. The average molecular weight is 309 g/mol. The van der Waals surface area contributed by atoms with Crippen molar-refractivity contribution in [1.82, 2.24) is 5.32 Å². The van der Waals surface area contributed by atoms with E-state index in [1.165, 1.54) is 32.0 Å². The molecule has 0 heterocycles. The van der Waals surface area contributed by atoms with Crippen molar-refractivity contribution in [2.45, 2.75) is 24.0 Å². The van der Waals surface area contributed by atoms with Gasteiger partial charge in [-0.25, -0.2) is 13.2 Å². The topological polar surface area (TPSA) is 101 Å². The van der Waals surface area contributed by atoms with E-state index in [9.17, 15) is 18.0 Å². The lowest BCUT2D eigenvalue weighted by molar-refractivity contribution is -0.120. The van der Waals surface area contributed by atoms with Crippen LogP contribution in [0.25, 0.3) is 0 Å². The van der Waals surface area contributed by atoms with Crippen LogP contribution in [-0.2, 0) is 14.6 Å². The number of aromatic carboxylic acids is 1. The normalized spacial score (nSPS) is 12.2. The molecule has 0 saturated carbocycles. The molecule has 1 atom stereocenters. The van der Waals surface area contributed by atoms with Crippen molar-refractivity contribution in [3.05, 3.63) is 29.3 Å². The van der Waals surface area contributed by atoms with Crippen molar-refractivity contribution >= 4 is 21.7 Å². The second-order valence-electron chi connectivity index (χ2n) is 4.34. The number of hydrogen-bond donors (Lipinski definition) is 2. The van der Waals surface area contributed by atoms with Gasteiger partial charge in [0.2, 0.25) is 5.91 Å². The summed E-state index contributed by atoms with van der Waals surface area (Å²) in [6.07, 6.45) is 4.99. The van der Waals surface area contributed by atoms with E-state index in [0.29, 0.717) is 0 Å². The Hall–Kier alpha value is -2.33. The van der Waals surface area contributed by atoms with Crippen LogP contribution in [0.5, 0.6) is 0 Å². The van der Waals surface area contributed by atoms with Crippen LogP contribution < -0.4 is 5.32 Å². The maximum absolute atomic E-state index is 12.4. The van der Waals surface area contributed by atoms with Gasteiger partial charge in [0.1, 0.15) is 5.25 Å². The van der Waals surface area contributed by atoms with Crippen LogP contribution in [-0.4, -0.2) is 37.2 Å². The third-order valence-corrected chi connectivity index (χ3v) is 5.22. The zero-order chi connectivity index (χ0) is 16.2. The first-order valence-electron chi connectivity index (χ1n) is 6.01. The summed E-state index contributed by atoms with van der Waals surface area (Å²) in [5.74, 6) is 0.219. The van der Waals surface area contributed by atoms with Crippen molar-refractivity contribution in [3.63, 3.8) is 0 Å². The fraction of sp³-hybridized carbons (Fsp3) is 0.286. The van der Waals surface area contributed by atoms with E-state index < -0.39 is 27.0 Å². The maximum Gasteiger partial charge on any atom is 0.335 e. The highest BCUT2D eigenvalue weighted by Gasteiger charge is 2.31. The molecule has 1 aromatic carbocycles. The zero-order valence-electron chi connectivity index (χ0n) is 11.6. The highest BCUT2D eigenvalue weighted by Crippen LogP contribution is 2.23. The summed E-state index contributed by atoms with van der Waals surface area (Å²) < 4.78 is 24.9. The molecule has 0 saturated heterocycles. The second kappa shape index (κ2) is 6.41. The lowest BCUT2D eigenvalue weighted by atomic mass is 10.1. The smallest absolute Gasteiger partial charge is 0.335 e. The molecule has 0 aliphatic carbocycles. The van der Waals surface area contributed by atoms with E-state index >= 15 is 0 Å². The van der Waals surface area contributed by atoms with Gasteiger partial charge in [-0.1, -0.05) is 12.0 Å². The van der Waals surface area contributed by atoms with Gasteiger partial charge < -0.3 is 10.4 Å². The van der Waals surface area contributed by atoms with Crippen molar-refractivity contribution in [1.29, 1.82) is 0 Å². The molecule has 0 fully saturated rings. The first-order chi connectivity index (χ1) is 9.73. The number of amides is 1. The number of hydrogen-bond acceptors (Lipinski definition) is 4. The summed E-state index contributed by atoms with van der Waals surface area (Å²) in [7, 11) is -4.00. The van der Waals surface area contributed by atoms with E-state index in [0.717, 1.165) is 0 Å². The molecule has 0 bridgehead atoms. The van der Waals surface area contributed by atoms with Crippen LogP contribution in [0.1, 0.15) is 22.8 Å². The summed E-state index contributed by atoms with van der Waals surface area (Å²) in [6, 6.07) is 3.91. The lowest BCUT2D eigenvalue weighted by Crippen LogP contribution is -2.38. The fourth-order valence-electron chi connectivity index (χ4n) is 1.77. The van der Waals surface area contributed by atoms with E-state index in [2.05, 4.69) is 11.2 Å². The Morgan fingerprint density at radius 2 is 2.05 bits per heavy atom. The van der Waals surface area contributed by atoms with Gasteiger partial charge in [0.15, 0.2) is 9.84 Å². The molecule has 0 radical (unpaired) electrons. The minimum atomic E-state index is -4.00. The predicted octanol–water partition coefficient (Wildman–Crippen LogP) is 0.605. The minimum Gasteiger partial charge on any atom is -0.478 e. The summed E-state index contributed by atoms with van der Waals surface area (Å²) in [4.78, 5) is 22.6. The maximum atomic E-state index is 12.4. The van der Waals surface area contributed by atoms with Gasteiger partial charge in [-0.2, -0.15) is 0 Å². The number of carbonyl (C=O) groups is 2. The van der Waals surface area contributed by atoms with Crippen molar-refractivity contribution in [2.75, 3.05) is 6.54 Å². The predicted molar refractivity (Wildman–Crippen MR) is 76.6 cm³/mol. The quantitative estimate of drug-likeness (QED) is 0.776. The van der Waals surface area contributed by atoms with Gasteiger partial charge in [-0.05, 0) is 31.5 Å². The third-order valence-electron chi connectivity index (χ3n) is 3.02. The van der Waals surface area contributed by atoms with Crippen LogP contribution in [0.2, 0.25) is 0 Å². The first kappa shape index (κ1) is 16.7. The van der Waals surface area contributed by atoms with E-state index in [1.807, 2.05) is 0 Å². The Labute approximate surface area is 123 Å². The highest BCUT2D eigenvalue weighted by atomic mass is 32.2. The molecule has 7 heteroatoms. The Morgan fingerprint density at radius 3 is 2.57 bits per heavy atom. The molecule has 1 amide bonds. The van der Waals surface area contributed by atoms with E-state index in [-0.39, 0.29) is 22.6 Å². The zero-order valence-corrected chi connectivity index (χ0v) is 12.4. The number of carboxylic acids is 1.